The van der Waals surface area contributed by atoms with E-state index in [0.29, 0.717) is 19.4 Å². The van der Waals surface area contributed by atoms with Gasteiger partial charge in [0.15, 0.2) is 0 Å². The topological polar surface area (TPSA) is 60.9 Å². The van der Waals surface area contributed by atoms with Gasteiger partial charge in [-0.15, -0.1) is 0 Å². The molecule has 0 aliphatic carbocycles. The van der Waals surface area contributed by atoms with Gasteiger partial charge >= 0.3 is 0 Å². The number of fused-ring (bicyclic) bond motifs is 1. The molecule has 19 heavy (non-hydrogen) atoms. The third-order valence-corrected chi connectivity index (χ3v) is 3.36. The second kappa shape index (κ2) is 6.48. The number of rotatable bonds is 7. The van der Waals surface area contributed by atoms with E-state index in [1.807, 2.05) is 36.0 Å². The van der Waals surface area contributed by atoms with Crippen molar-refractivity contribution in [1.29, 1.82) is 0 Å². The molecule has 0 radical (unpaired) electrons. The summed E-state index contributed by atoms with van der Waals surface area (Å²) in [6.45, 7) is 0.707. The third-order valence-electron chi connectivity index (χ3n) is 3.36. The minimum absolute atomic E-state index is 0.265. The van der Waals surface area contributed by atoms with E-state index in [1.165, 1.54) is 0 Å². The molecular weight excluding hydrogens is 238 g/mol. The molecule has 0 saturated carbocycles. The van der Waals surface area contributed by atoms with Crippen LogP contribution in [0.4, 0.5) is 0 Å². The number of Topliss-reactive ketones (excluding diaryl/α,β-unsaturated/α-hetero) is 1. The number of nitrogens with two attached hydrogens (primary N) is 1. The molecule has 4 heteroatoms. The van der Waals surface area contributed by atoms with E-state index in [-0.39, 0.29) is 5.78 Å². The van der Waals surface area contributed by atoms with Gasteiger partial charge in [0, 0.05) is 18.9 Å². The number of carbonyl (C=O) groups excluding carboxylic acids is 1. The Labute approximate surface area is 113 Å². The second-order valence-electron chi connectivity index (χ2n) is 4.90. The van der Waals surface area contributed by atoms with Crippen molar-refractivity contribution >= 4 is 16.7 Å². The van der Waals surface area contributed by atoms with Crippen molar-refractivity contribution in [2.24, 2.45) is 12.8 Å². The molecule has 1 heterocycles. The molecule has 2 aromatic rings. The van der Waals surface area contributed by atoms with Gasteiger partial charge in [-0.1, -0.05) is 24.6 Å². The molecule has 0 amide bonds. The van der Waals surface area contributed by atoms with Crippen LogP contribution in [0.15, 0.2) is 24.3 Å². The maximum absolute atomic E-state index is 11.9. The van der Waals surface area contributed by atoms with Crippen LogP contribution in [0.25, 0.3) is 10.9 Å². The number of carbonyl (C=O) groups is 1. The minimum atomic E-state index is 0.265. The van der Waals surface area contributed by atoms with Crippen molar-refractivity contribution in [3.63, 3.8) is 0 Å². The lowest BCUT2D eigenvalue weighted by atomic mass is 10.1. The lowest BCUT2D eigenvalue weighted by Crippen LogP contribution is -2.05. The molecule has 0 bridgehead atoms. The summed E-state index contributed by atoms with van der Waals surface area (Å²) in [7, 11) is 1.91. The zero-order valence-corrected chi connectivity index (χ0v) is 11.4. The van der Waals surface area contributed by atoms with Gasteiger partial charge in [0.2, 0.25) is 0 Å². The summed E-state index contributed by atoms with van der Waals surface area (Å²) in [4.78, 5) is 11.9. The van der Waals surface area contributed by atoms with E-state index in [0.717, 1.165) is 35.9 Å². The molecule has 0 spiro atoms. The van der Waals surface area contributed by atoms with Crippen molar-refractivity contribution in [3.8, 4) is 0 Å². The maximum atomic E-state index is 11.9. The largest absolute Gasteiger partial charge is 0.330 e. The second-order valence-corrected chi connectivity index (χ2v) is 4.90. The molecule has 2 rings (SSSR count). The van der Waals surface area contributed by atoms with Crippen LogP contribution in [0.5, 0.6) is 0 Å². The Morgan fingerprint density at radius 3 is 2.84 bits per heavy atom. The normalized spacial score (nSPS) is 11.1. The van der Waals surface area contributed by atoms with Gasteiger partial charge in [-0.3, -0.25) is 9.48 Å². The van der Waals surface area contributed by atoms with Crippen LogP contribution in [0.2, 0.25) is 0 Å². The van der Waals surface area contributed by atoms with Gasteiger partial charge < -0.3 is 5.73 Å². The van der Waals surface area contributed by atoms with Crippen molar-refractivity contribution in [3.05, 3.63) is 30.0 Å². The summed E-state index contributed by atoms with van der Waals surface area (Å²) in [5.41, 5.74) is 7.40. The molecule has 102 valence electrons. The van der Waals surface area contributed by atoms with Crippen LogP contribution in [-0.2, 0) is 18.3 Å². The van der Waals surface area contributed by atoms with Crippen molar-refractivity contribution in [2.45, 2.75) is 32.1 Å². The maximum Gasteiger partial charge on any atom is 0.138 e. The summed E-state index contributed by atoms with van der Waals surface area (Å²) in [5.74, 6) is 0.265. The number of aromatic nitrogens is 2. The average Bonchev–Trinajstić information content (AvgIpc) is 2.72. The molecule has 0 aliphatic heterocycles. The van der Waals surface area contributed by atoms with Gasteiger partial charge in [-0.25, -0.2) is 0 Å². The van der Waals surface area contributed by atoms with Crippen LogP contribution in [0, 0.1) is 0 Å². The number of ketones is 1. The van der Waals surface area contributed by atoms with Gasteiger partial charge in [0.05, 0.1) is 17.6 Å². The number of nitrogens with zero attached hydrogens (tertiary/aromatic N) is 2. The number of hydrogen-bond acceptors (Lipinski definition) is 3. The van der Waals surface area contributed by atoms with Gasteiger partial charge in [-0.05, 0) is 25.5 Å². The lowest BCUT2D eigenvalue weighted by Gasteiger charge is -1.99. The zero-order valence-electron chi connectivity index (χ0n) is 11.4. The Morgan fingerprint density at radius 1 is 1.26 bits per heavy atom. The fourth-order valence-electron chi connectivity index (χ4n) is 2.34. The Bertz CT molecular complexity index is 560. The quantitative estimate of drug-likeness (QED) is 0.775. The minimum Gasteiger partial charge on any atom is -0.330 e. The number of benzene rings is 1. The highest BCUT2D eigenvalue weighted by atomic mass is 16.1. The van der Waals surface area contributed by atoms with Crippen molar-refractivity contribution < 1.29 is 4.79 Å². The Balaban J connectivity index is 1.99. The summed E-state index contributed by atoms with van der Waals surface area (Å²) in [6, 6.07) is 8.03. The first-order valence-corrected chi connectivity index (χ1v) is 6.84. The Kier molecular flexibility index (Phi) is 4.68. The monoisotopic (exact) mass is 259 g/mol. The highest BCUT2D eigenvalue weighted by Gasteiger charge is 2.11. The van der Waals surface area contributed by atoms with Crippen LogP contribution in [-0.4, -0.2) is 22.1 Å². The molecule has 1 aromatic heterocycles. The summed E-state index contributed by atoms with van der Waals surface area (Å²) >= 11 is 0. The lowest BCUT2D eigenvalue weighted by molar-refractivity contribution is -0.118. The van der Waals surface area contributed by atoms with Gasteiger partial charge in [0.25, 0.3) is 0 Å². The summed E-state index contributed by atoms with van der Waals surface area (Å²) < 4.78 is 1.84. The predicted octanol–water partition coefficient (Wildman–Crippen LogP) is 2.20. The first-order valence-electron chi connectivity index (χ1n) is 6.84. The van der Waals surface area contributed by atoms with Crippen LogP contribution in [0.1, 0.15) is 31.4 Å². The number of aryl methyl sites for hydroxylation is 1. The third kappa shape index (κ3) is 3.41. The molecule has 0 unspecified atom stereocenters. The zero-order chi connectivity index (χ0) is 13.7. The van der Waals surface area contributed by atoms with E-state index in [4.69, 9.17) is 5.73 Å². The standard InChI is InChI=1S/C15H21N3O/c1-18-15-9-5-4-8-13(15)14(17-18)11-12(19)7-3-2-6-10-16/h4-5,8-9H,2-3,6-7,10-11,16H2,1H3. The predicted molar refractivity (Wildman–Crippen MR) is 76.9 cm³/mol. The number of para-hydroxylation sites is 1. The van der Waals surface area contributed by atoms with Crippen LogP contribution < -0.4 is 5.73 Å². The van der Waals surface area contributed by atoms with E-state index in [2.05, 4.69) is 5.10 Å². The van der Waals surface area contributed by atoms with Crippen LogP contribution >= 0.6 is 0 Å². The van der Waals surface area contributed by atoms with E-state index in [1.54, 1.807) is 0 Å². The smallest absolute Gasteiger partial charge is 0.138 e. The summed E-state index contributed by atoms with van der Waals surface area (Å²) in [6.07, 6.45) is 4.03. The van der Waals surface area contributed by atoms with E-state index >= 15 is 0 Å². The van der Waals surface area contributed by atoms with E-state index < -0.39 is 0 Å². The fraction of sp³-hybridized carbons (Fsp3) is 0.467. The van der Waals surface area contributed by atoms with Crippen LogP contribution in [0.3, 0.4) is 0 Å². The SMILES string of the molecule is Cn1nc(CC(=O)CCCCCN)c2ccccc21. The summed E-state index contributed by atoms with van der Waals surface area (Å²) in [5, 5.41) is 5.53. The fourth-order valence-corrected chi connectivity index (χ4v) is 2.34. The molecule has 0 aliphatic rings. The first kappa shape index (κ1) is 13.7. The highest BCUT2D eigenvalue weighted by molar-refractivity contribution is 5.88. The molecule has 0 atom stereocenters. The number of hydrogen-bond donors (Lipinski definition) is 1. The average molecular weight is 259 g/mol. The van der Waals surface area contributed by atoms with Crippen molar-refractivity contribution in [2.75, 3.05) is 6.54 Å². The molecule has 2 N–H and O–H groups in total. The molecule has 4 nitrogen and oxygen atoms in total. The molecule has 0 saturated heterocycles. The Morgan fingerprint density at radius 2 is 2.05 bits per heavy atom. The molecule has 0 fully saturated rings. The van der Waals surface area contributed by atoms with Gasteiger partial charge in [0.1, 0.15) is 5.78 Å². The number of unbranched alkanes of at least 4 members (excludes halogenated alkanes) is 2. The highest BCUT2D eigenvalue weighted by Crippen LogP contribution is 2.18. The molecular formula is C15H21N3O. The first-order chi connectivity index (χ1) is 9.22. The van der Waals surface area contributed by atoms with E-state index in [9.17, 15) is 4.79 Å². The molecule has 1 aromatic carbocycles. The van der Waals surface area contributed by atoms with Gasteiger partial charge in [-0.2, -0.15) is 5.10 Å². The Hall–Kier alpha value is -1.68. The van der Waals surface area contributed by atoms with Crippen molar-refractivity contribution in [1.82, 2.24) is 9.78 Å².